The Morgan fingerprint density at radius 3 is 2.67 bits per heavy atom. The molecule has 0 radical (unpaired) electrons. The molecule has 0 bridgehead atoms. The van der Waals surface area contributed by atoms with Crippen molar-refractivity contribution in [2.75, 3.05) is 39.8 Å². The van der Waals surface area contributed by atoms with Gasteiger partial charge in [0.25, 0.3) is 0 Å². The first-order valence-corrected chi connectivity index (χ1v) is 8.37. The molecule has 3 aromatic rings. The lowest BCUT2D eigenvalue weighted by Gasteiger charge is -2.08. The van der Waals surface area contributed by atoms with Crippen molar-refractivity contribution in [3.8, 4) is 22.8 Å². The highest BCUT2D eigenvalue weighted by molar-refractivity contribution is 7.20. The molecule has 2 aromatic heterocycles. The lowest BCUT2D eigenvalue weighted by molar-refractivity contribution is 0.210. The highest BCUT2D eigenvalue weighted by Gasteiger charge is 2.18. The van der Waals surface area contributed by atoms with Gasteiger partial charge in [-0.1, -0.05) is 22.9 Å². The number of hydrogen-bond acceptors (Lipinski definition) is 7. The van der Waals surface area contributed by atoms with Crippen LogP contribution in [0, 0.1) is 0 Å². The van der Waals surface area contributed by atoms with Gasteiger partial charge in [-0.3, -0.25) is 0 Å². The Morgan fingerprint density at radius 1 is 1.21 bits per heavy atom. The molecule has 9 heteroatoms. The Balaban J connectivity index is 1.93. The van der Waals surface area contributed by atoms with Gasteiger partial charge in [0.15, 0.2) is 16.7 Å². The zero-order valence-corrected chi connectivity index (χ0v) is 15.1. The molecular formula is C15H17ClN4O3S. The predicted molar refractivity (Wildman–Crippen MR) is 94.8 cm³/mol. The van der Waals surface area contributed by atoms with E-state index in [-0.39, 0.29) is 0 Å². The molecule has 0 fully saturated rings. The van der Waals surface area contributed by atoms with Gasteiger partial charge in [-0.15, -0.1) is 5.10 Å². The molecule has 3 rings (SSSR count). The van der Waals surface area contributed by atoms with Crippen LogP contribution >= 0.6 is 22.9 Å². The highest BCUT2D eigenvalue weighted by atomic mass is 35.5. The monoisotopic (exact) mass is 368 g/mol. The molecule has 7 nitrogen and oxygen atoms in total. The molecule has 0 spiro atoms. The summed E-state index contributed by atoms with van der Waals surface area (Å²) in [4.78, 5) is 5.29. The third-order valence-corrected chi connectivity index (χ3v) is 4.59. The van der Waals surface area contributed by atoms with Gasteiger partial charge < -0.3 is 19.5 Å². The number of hydrogen-bond donors (Lipinski definition) is 1. The molecule has 1 N–H and O–H groups in total. The minimum atomic E-state index is 0.452. The average Bonchev–Trinajstić information content (AvgIpc) is 3.13. The van der Waals surface area contributed by atoms with E-state index in [1.54, 1.807) is 25.8 Å². The van der Waals surface area contributed by atoms with E-state index in [9.17, 15) is 0 Å². The molecule has 0 saturated carbocycles. The number of halogens is 1. The van der Waals surface area contributed by atoms with Gasteiger partial charge in [0.05, 0.1) is 20.8 Å². The quantitative estimate of drug-likeness (QED) is 0.646. The SMILES string of the molecule is COCCNc1nn2c(Cl)c(-c3ccc(OC)c(OC)c3)nc2s1. The second kappa shape index (κ2) is 7.25. The topological polar surface area (TPSA) is 69.9 Å². The first-order chi connectivity index (χ1) is 11.7. The third-order valence-electron chi connectivity index (χ3n) is 3.39. The van der Waals surface area contributed by atoms with Crippen LogP contribution < -0.4 is 14.8 Å². The minimum absolute atomic E-state index is 0.452. The van der Waals surface area contributed by atoms with Crippen LogP contribution in [-0.2, 0) is 4.74 Å². The van der Waals surface area contributed by atoms with Gasteiger partial charge >= 0.3 is 0 Å². The molecule has 128 valence electrons. The van der Waals surface area contributed by atoms with Gasteiger partial charge in [-0.25, -0.2) is 4.98 Å². The molecule has 0 saturated heterocycles. The summed E-state index contributed by atoms with van der Waals surface area (Å²) in [6.07, 6.45) is 0. The molecule has 0 aliphatic rings. The van der Waals surface area contributed by atoms with Crippen LogP contribution in [0.3, 0.4) is 0 Å². The van der Waals surface area contributed by atoms with Crippen molar-refractivity contribution in [1.82, 2.24) is 14.6 Å². The molecule has 0 aliphatic heterocycles. The minimum Gasteiger partial charge on any atom is -0.493 e. The number of nitrogens with one attached hydrogen (secondary N) is 1. The molecule has 2 heterocycles. The average molecular weight is 369 g/mol. The number of methoxy groups -OCH3 is 3. The first-order valence-electron chi connectivity index (χ1n) is 7.18. The van der Waals surface area contributed by atoms with E-state index < -0.39 is 0 Å². The van der Waals surface area contributed by atoms with E-state index in [4.69, 9.17) is 25.8 Å². The molecule has 1 aromatic carbocycles. The first kappa shape index (κ1) is 16.8. The molecule has 0 amide bonds. The Morgan fingerprint density at radius 2 is 2.00 bits per heavy atom. The normalized spacial score (nSPS) is 11.0. The summed E-state index contributed by atoms with van der Waals surface area (Å²) in [5.74, 6) is 1.28. The largest absolute Gasteiger partial charge is 0.493 e. The Hall–Kier alpha value is -2.03. The number of rotatable bonds is 7. The summed E-state index contributed by atoms with van der Waals surface area (Å²) >= 11 is 7.88. The second-order valence-corrected chi connectivity index (χ2v) is 6.16. The Labute approximate surface area is 148 Å². The summed E-state index contributed by atoms with van der Waals surface area (Å²) in [6, 6.07) is 5.55. The fourth-order valence-electron chi connectivity index (χ4n) is 2.22. The molecular weight excluding hydrogens is 352 g/mol. The van der Waals surface area contributed by atoms with Crippen molar-refractivity contribution < 1.29 is 14.2 Å². The number of benzene rings is 1. The zero-order valence-electron chi connectivity index (χ0n) is 13.5. The van der Waals surface area contributed by atoms with Gasteiger partial charge in [-0.05, 0) is 18.2 Å². The maximum atomic E-state index is 6.46. The van der Waals surface area contributed by atoms with Crippen LogP contribution in [0.25, 0.3) is 16.2 Å². The summed E-state index contributed by atoms with van der Waals surface area (Å²) in [6.45, 7) is 1.28. The fourth-order valence-corrected chi connectivity index (χ4v) is 3.37. The summed E-state index contributed by atoms with van der Waals surface area (Å²) in [7, 11) is 4.84. The van der Waals surface area contributed by atoms with E-state index in [1.165, 1.54) is 11.3 Å². The van der Waals surface area contributed by atoms with Crippen LogP contribution in [0.1, 0.15) is 0 Å². The van der Waals surface area contributed by atoms with Crippen molar-refractivity contribution in [3.05, 3.63) is 23.4 Å². The van der Waals surface area contributed by atoms with Crippen molar-refractivity contribution in [3.63, 3.8) is 0 Å². The summed E-state index contributed by atoms with van der Waals surface area (Å²) in [5.41, 5.74) is 1.49. The molecule has 0 aliphatic carbocycles. The van der Waals surface area contributed by atoms with Crippen LogP contribution in [0.2, 0.25) is 5.15 Å². The van der Waals surface area contributed by atoms with Gasteiger partial charge in [-0.2, -0.15) is 4.52 Å². The predicted octanol–water partition coefficient (Wildman–Crippen LogP) is 3.19. The number of imidazole rings is 1. The van der Waals surface area contributed by atoms with Gasteiger partial charge in [0.1, 0.15) is 5.69 Å². The number of aromatic nitrogens is 3. The summed E-state index contributed by atoms with van der Waals surface area (Å²) < 4.78 is 17.2. The zero-order chi connectivity index (χ0) is 17.1. The Bertz CT molecular complexity index is 849. The van der Waals surface area contributed by atoms with Crippen LogP contribution in [0.5, 0.6) is 11.5 Å². The van der Waals surface area contributed by atoms with Crippen molar-refractivity contribution >= 4 is 33.0 Å². The van der Waals surface area contributed by atoms with Gasteiger partial charge in [0.2, 0.25) is 10.1 Å². The third kappa shape index (κ3) is 3.12. The summed E-state index contributed by atoms with van der Waals surface area (Å²) in [5, 5.41) is 8.79. The van der Waals surface area contributed by atoms with Crippen molar-refractivity contribution in [2.45, 2.75) is 0 Å². The van der Waals surface area contributed by atoms with E-state index in [0.29, 0.717) is 40.5 Å². The number of ether oxygens (including phenoxy) is 3. The van der Waals surface area contributed by atoms with Gasteiger partial charge in [0, 0.05) is 19.2 Å². The van der Waals surface area contributed by atoms with Crippen LogP contribution in [0.15, 0.2) is 18.2 Å². The molecule has 24 heavy (non-hydrogen) atoms. The second-order valence-electron chi connectivity index (χ2n) is 4.84. The fraction of sp³-hybridized carbons (Fsp3) is 0.333. The van der Waals surface area contributed by atoms with Crippen molar-refractivity contribution in [1.29, 1.82) is 0 Å². The molecule has 0 atom stereocenters. The standard InChI is InChI=1S/C15H17ClN4O3S/c1-21-7-6-17-14-19-20-13(16)12(18-15(20)24-14)9-4-5-10(22-2)11(8-9)23-3/h4-5,8H,6-7H2,1-3H3,(H,17,19). The Kier molecular flexibility index (Phi) is 5.08. The van der Waals surface area contributed by atoms with Crippen LogP contribution in [0.4, 0.5) is 5.13 Å². The molecule has 0 unspecified atom stereocenters. The maximum Gasteiger partial charge on any atom is 0.215 e. The van der Waals surface area contributed by atoms with E-state index in [2.05, 4.69) is 15.4 Å². The highest BCUT2D eigenvalue weighted by Crippen LogP contribution is 2.36. The lowest BCUT2D eigenvalue weighted by atomic mass is 10.1. The van der Waals surface area contributed by atoms with E-state index in [1.807, 2.05) is 18.2 Å². The maximum absolute atomic E-state index is 6.46. The lowest BCUT2D eigenvalue weighted by Crippen LogP contribution is -2.07. The number of nitrogens with zero attached hydrogens (tertiary/aromatic N) is 3. The van der Waals surface area contributed by atoms with Crippen LogP contribution in [-0.4, -0.2) is 49.1 Å². The van der Waals surface area contributed by atoms with Crippen molar-refractivity contribution in [2.24, 2.45) is 0 Å². The number of anilines is 1. The smallest absolute Gasteiger partial charge is 0.215 e. The van der Waals surface area contributed by atoms with E-state index in [0.717, 1.165) is 10.7 Å². The number of fused-ring (bicyclic) bond motifs is 1. The van der Waals surface area contributed by atoms with E-state index >= 15 is 0 Å².